The van der Waals surface area contributed by atoms with Gasteiger partial charge in [0.1, 0.15) is 0 Å². The predicted molar refractivity (Wildman–Crippen MR) is 62.2 cm³/mol. The molecule has 0 spiro atoms. The minimum Gasteiger partial charge on any atom is -0.397 e. The van der Waals surface area contributed by atoms with Gasteiger partial charge in [0.25, 0.3) is 0 Å². The van der Waals surface area contributed by atoms with E-state index >= 15 is 0 Å². The minimum absolute atomic E-state index is 0.0539. The summed E-state index contributed by atoms with van der Waals surface area (Å²) >= 11 is 5.91. The minimum atomic E-state index is -0.183. The van der Waals surface area contributed by atoms with Gasteiger partial charge in [0.15, 0.2) is 0 Å². The molecular weight excluding hydrogens is 226 g/mol. The van der Waals surface area contributed by atoms with Gasteiger partial charge in [0.05, 0.1) is 28.4 Å². The van der Waals surface area contributed by atoms with Crippen LogP contribution >= 0.6 is 11.6 Å². The van der Waals surface area contributed by atoms with E-state index in [0.29, 0.717) is 29.9 Å². The van der Waals surface area contributed by atoms with Crippen LogP contribution in [-0.2, 0) is 4.79 Å². The van der Waals surface area contributed by atoms with Crippen molar-refractivity contribution < 1.29 is 4.79 Å². The Morgan fingerprint density at radius 3 is 2.88 bits per heavy atom. The summed E-state index contributed by atoms with van der Waals surface area (Å²) in [6.45, 7) is 0.444. The molecule has 1 heterocycles. The van der Waals surface area contributed by atoms with E-state index < -0.39 is 0 Å². The third kappa shape index (κ3) is 1.82. The number of benzene rings is 1. The van der Waals surface area contributed by atoms with E-state index in [2.05, 4.69) is 0 Å². The average molecular weight is 236 g/mol. The second kappa shape index (κ2) is 4.03. The number of nitrogens with two attached hydrogens (primary N) is 1. The molecular formula is C11H10ClN3O. The number of alkyl halides is 1. The first-order chi connectivity index (χ1) is 7.61. The second-order valence-electron chi connectivity index (χ2n) is 3.69. The lowest BCUT2D eigenvalue weighted by Crippen LogP contribution is -2.25. The Balaban J connectivity index is 2.40. The van der Waals surface area contributed by atoms with E-state index in [1.807, 2.05) is 6.07 Å². The van der Waals surface area contributed by atoms with E-state index in [9.17, 15) is 4.79 Å². The lowest BCUT2D eigenvalue weighted by Gasteiger charge is -2.18. The van der Waals surface area contributed by atoms with Gasteiger partial charge in [0.2, 0.25) is 5.91 Å². The molecule has 1 aliphatic rings. The van der Waals surface area contributed by atoms with Crippen molar-refractivity contribution in [1.29, 1.82) is 5.26 Å². The molecule has 1 unspecified atom stereocenters. The van der Waals surface area contributed by atoms with Crippen molar-refractivity contribution in [2.24, 2.45) is 0 Å². The number of carbonyl (C=O) groups is 1. The summed E-state index contributed by atoms with van der Waals surface area (Å²) in [6.07, 6.45) is 0.317. The van der Waals surface area contributed by atoms with Crippen molar-refractivity contribution in [2.45, 2.75) is 11.8 Å². The van der Waals surface area contributed by atoms with Crippen molar-refractivity contribution in [3.8, 4) is 6.07 Å². The zero-order valence-electron chi connectivity index (χ0n) is 8.48. The van der Waals surface area contributed by atoms with Crippen LogP contribution in [0, 0.1) is 11.3 Å². The van der Waals surface area contributed by atoms with Gasteiger partial charge in [-0.1, -0.05) is 0 Å². The molecule has 82 valence electrons. The number of hydrogen-bond donors (Lipinski definition) is 1. The maximum absolute atomic E-state index is 11.6. The first kappa shape index (κ1) is 10.8. The van der Waals surface area contributed by atoms with Crippen LogP contribution in [0.5, 0.6) is 0 Å². The SMILES string of the molecule is N#Cc1ccc(N)c(N2CC(Cl)CC2=O)c1. The summed E-state index contributed by atoms with van der Waals surface area (Å²) in [5, 5.41) is 8.61. The Labute approximate surface area is 98.2 Å². The molecule has 1 aromatic rings. The molecule has 2 N–H and O–H groups in total. The van der Waals surface area contributed by atoms with Crippen LogP contribution in [0.4, 0.5) is 11.4 Å². The number of carbonyl (C=O) groups excluding carboxylic acids is 1. The quantitative estimate of drug-likeness (QED) is 0.592. The number of rotatable bonds is 1. The van der Waals surface area contributed by atoms with Gasteiger partial charge in [-0.05, 0) is 18.2 Å². The first-order valence-electron chi connectivity index (χ1n) is 4.86. The monoisotopic (exact) mass is 235 g/mol. The summed E-state index contributed by atoms with van der Waals surface area (Å²) in [5.41, 5.74) is 7.33. The fourth-order valence-electron chi connectivity index (χ4n) is 1.74. The van der Waals surface area contributed by atoms with Crippen molar-refractivity contribution in [1.82, 2.24) is 0 Å². The molecule has 2 rings (SSSR count). The maximum Gasteiger partial charge on any atom is 0.228 e. The summed E-state index contributed by atoms with van der Waals surface area (Å²) in [6, 6.07) is 6.88. The van der Waals surface area contributed by atoms with E-state index in [-0.39, 0.29) is 11.3 Å². The number of amides is 1. The maximum atomic E-state index is 11.6. The molecule has 5 heteroatoms. The zero-order valence-corrected chi connectivity index (χ0v) is 9.24. The van der Waals surface area contributed by atoms with Gasteiger partial charge in [-0.3, -0.25) is 4.79 Å². The van der Waals surface area contributed by atoms with Crippen LogP contribution < -0.4 is 10.6 Å². The van der Waals surface area contributed by atoms with Crippen molar-refractivity contribution in [2.75, 3.05) is 17.2 Å². The highest BCUT2D eigenvalue weighted by molar-refractivity contribution is 6.24. The van der Waals surface area contributed by atoms with Gasteiger partial charge in [-0.2, -0.15) is 5.26 Å². The van der Waals surface area contributed by atoms with Crippen LogP contribution in [0.3, 0.4) is 0 Å². The third-order valence-electron chi connectivity index (χ3n) is 2.53. The smallest absolute Gasteiger partial charge is 0.228 e. The number of nitrogens with zero attached hydrogens (tertiary/aromatic N) is 2. The highest BCUT2D eigenvalue weighted by atomic mass is 35.5. The van der Waals surface area contributed by atoms with Crippen molar-refractivity contribution in [3.63, 3.8) is 0 Å². The molecule has 0 aliphatic carbocycles. The normalized spacial score (nSPS) is 19.9. The molecule has 4 nitrogen and oxygen atoms in total. The molecule has 1 atom stereocenters. The summed E-state index contributed by atoms with van der Waals surface area (Å²) in [4.78, 5) is 13.2. The molecule has 1 amide bonds. The van der Waals surface area contributed by atoms with E-state index in [0.717, 1.165) is 0 Å². The fourth-order valence-corrected chi connectivity index (χ4v) is 2.01. The molecule has 16 heavy (non-hydrogen) atoms. The van der Waals surface area contributed by atoms with Crippen molar-refractivity contribution in [3.05, 3.63) is 23.8 Å². The first-order valence-corrected chi connectivity index (χ1v) is 5.29. The average Bonchev–Trinajstić information content (AvgIpc) is 2.58. The number of nitrogen functional groups attached to an aromatic ring is 1. The lowest BCUT2D eigenvalue weighted by molar-refractivity contribution is -0.117. The number of halogens is 1. The highest BCUT2D eigenvalue weighted by Crippen LogP contribution is 2.29. The molecule has 0 saturated carbocycles. The number of nitriles is 1. The molecule has 1 aliphatic heterocycles. The largest absolute Gasteiger partial charge is 0.397 e. The Morgan fingerprint density at radius 1 is 1.56 bits per heavy atom. The number of anilines is 2. The fraction of sp³-hybridized carbons (Fsp3) is 0.273. The molecule has 0 radical (unpaired) electrons. The van der Waals surface area contributed by atoms with E-state index in [1.54, 1.807) is 18.2 Å². The Bertz CT molecular complexity index is 481. The lowest BCUT2D eigenvalue weighted by atomic mass is 10.2. The van der Waals surface area contributed by atoms with Crippen LogP contribution in [0.15, 0.2) is 18.2 Å². The van der Waals surface area contributed by atoms with Crippen molar-refractivity contribution >= 4 is 28.9 Å². The van der Waals surface area contributed by atoms with E-state index in [1.165, 1.54) is 4.90 Å². The van der Waals surface area contributed by atoms with E-state index in [4.69, 9.17) is 22.6 Å². The van der Waals surface area contributed by atoms with Gasteiger partial charge >= 0.3 is 0 Å². The molecule has 1 fully saturated rings. The van der Waals surface area contributed by atoms with Crippen LogP contribution in [-0.4, -0.2) is 17.8 Å². The predicted octanol–water partition coefficient (Wildman–Crippen LogP) is 1.48. The van der Waals surface area contributed by atoms with Crippen LogP contribution in [0.25, 0.3) is 0 Å². The van der Waals surface area contributed by atoms with Gasteiger partial charge < -0.3 is 10.6 Å². The Kier molecular flexibility index (Phi) is 2.71. The molecule has 1 saturated heterocycles. The molecule has 1 aromatic carbocycles. The van der Waals surface area contributed by atoms with Gasteiger partial charge in [-0.25, -0.2) is 0 Å². The summed E-state index contributed by atoms with van der Waals surface area (Å²) < 4.78 is 0. The Morgan fingerprint density at radius 2 is 2.31 bits per heavy atom. The summed E-state index contributed by atoms with van der Waals surface area (Å²) in [7, 11) is 0. The standard InChI is InChI=1S/C11H10ClN3O/c12-8-4-11(16)15(6-8)10-3-7(5-13)1-2-9(10)14/h1-3,8H,4,6,14H2. The topological polar surface area (TPSA) is 70.1 Å². The van der Waals surface area contributed by atoms with Crippen LogP contribution in [0.2, 0.25) is 0 Å². The van der Waals surface area contributed by atoms with Gasteiger partial charge in [0, 0.05) is 13.0 Å². The van der Waals surface area contributed by atoms with Crippen LogP contribution in [0.1, 0.15) is 12.0 Å². The summed E-state index contributed by atoms with van der Waals surface area (Å²) in [5.74, 6) is -0.0539. The Hall–Kier alpha value is -1.73. The molecule has 0 bridgehead atoms. The van der Waals surface area contributed by atoms with Gasteiger partial charge in [-0.15, -0.1) is 11.6 Å². The molecule has 0 aromatic heterocycles. The second-order valence-corrected chi connectivity index (χ2v) is 4.31. The highest BCUT2D eigenvalue weighted by Gasteiger charge is 2.30. The zero-order chi connectivity index (χ0) is 11.7. The number of hydrogen-bond acceptors (Lipinski definition) is 3. The third-order valence-corrected chi connectivity index (χ3v) is 2.82.